The monoisotopic (exact) mass is 412 g/mol. The van der Waals surface area contributed by atoms with Crippen molar-refractivity contribution in [2.75, 3.05) is 11.9 Å². The van der Waals surface area contributed by atoms with Crippen LogP contribution >= 0.6 is 0 Å². The fourth-order valence-electron chi connectivity index (χ4n) is 2.44. The van der Waals surface area contributed by atoms with Crippen LogP contribution in [0.4, 0.5) is 18.9 Å². The fourth-order valence-corrected chi connectivity index (χ4v) is 2.88. The van der Waals surface area contributed by atoms with Crippen LogP contribution < -0.4 is 15.2 Å². The van der Waals surface area contributed by atoms with Crippen molar-refractivity contribution in [2.24, 2.45) is 5.14 Å². The van der Waals surface area contributed by atoms with Crippen LogP contribution in [-0.2, 0) is 22.0 Å². The van der Waals surface area contributed by atoms with Crippen LogP contribution in [-0.4, -0.2) is 16.7 Å². The molecule has 2 aromatic carbocycles. The molecule has 1 atom stereocenters. The summed E-state index contributed by atoms with van der Waals surface area (Å²) in [5, 5.41) is 7.79. The van der Waals surface area contributed by atoms with Gasteiger partial charge in [-0.3, -0.25) is 4.79 Å². The van der Waals surface area contributed by atoms with Crippen LogP contribution in [0, 0.1) is 0 Å². The number of carbonyl (C=O) groups is 1. The highest BCUT2D eigenvalue weighted by atomic mass is 32.2. The van der Waals surface area contributed by atoms with E-state index in [-0.39, 0.29) is 23.0 Å². The van der Waals surface area contributed by atoms with Crippen molar-refractivity contribution >= 4 is 34.7 Å². The number of hydrogen-bond acceptors (Lipinski definition) is 3. The number of benzene rings is 2. The lowest BCUT2D eigenvalue weighted by Gasteiger charge is -2.18. The Hall–Kier alpha value is -2.65. The Morgan fingerprint density at radius 2 is 1.86 bits per heavy atom. The van der Waals surface area contributed by atoms with Crippen molar-refractivity contribution in [3.63, 3.8) is 0 Å². The van der Waals surface area contributed by atoms with E-state index in [4.69, 9.17) is 9.88 Å². The second kappa shape index (κ2) is 9.03. The number of rotatable bonds is 3. The van der Waals surface area contributed by atoms with Crippen molar-refractivity contribution in [1.29, 1.82) is 0 Å². The highest BCUT2D eigenvalue weighted by Gasteiger charge is 2.33. The van der Waals surface area contributed by atoms with Gasteiger partial charge in [0.25, 0.3) is 5.91 Å². The highest BCUT2D eigenvalue weighted by Crippen LogP contribution is 2.34. The molecule has 1 aliphatic heterocycles. The van der Waals surface area contributed by atoms with Gasteiger partial charge >= 0.3 is 6.18 Å². The van der Waals surface area contributed by atoms with E-state index in [0.717, 1.165) is 6.07 Å². The van der Waals surface area contributed by atoms with Gasteiger partial charge in [-0.05, 0) is 35.4 Å². The summed E-state index contributed by atoms with van der Waals surface area (Å²) in [5.41, 5.74) is 0.00632. The molecule has 0 saturated carbocycles. The molecule has 1 unspecified atom stereocenters. The van der Waals surface area contributed by atoms with E-state index in [1.165, 1.54) is 24.3 Å². The minimum absolute atomic E-state index is 0.0774. The average Bonchev–Trinajstić information content (AvgIpc) is 2.66. The van der Waals surface area contributed by atoms with E-state index in [2.05, 4.69) is 5.32 Å². The minimum atomic E-state index is -4.62. The molecule has 9 heteroatoms. The van der Waals surface area contributed by atoms with Crippen molar-refractivity contribution in [3.05, 3.63) is 53.1 Å². The summed E-state index contributed by atoms with van der Waals surface area (Å²) < 4.78 is 56.2. The molecule has 0 fully saturated rings. The Labute approximate surface area is 163 Å². The van der Waals surface area contributed by atoms with Crippen LogP contribution in [0.15, 0.2) is 41.3 Å². The number of hydrogen-bond donors (Lipinski definition) is 2. The van der Waals surface area contributed by atoms with Gasteiger partial charge in [0.2, 0.25) is 0 Å². The Kier molecular flexibility index (Phi) is 6.98. The standard InChI is InChI=1S/C17H13F3N2O3S.C2H6/c18-17(19,20)13-8-12(26(21)24)5-4-11(13)3-1-10-2-6-15-14(7-10)22-16(23)9-25-15;1-2/h1-8H,9,21H2,(H,22,23);1-2H3/b3-1+;. The summed E-state index contributed by atoms with van der Waals surface area (Å²) in [6.07, 6.45) is -1.85. The second-order valence-electron chi connectivity index (χ2n) is 5.47. The van der Waals surface area contributed by atoms with Crippen molar-refractivity contribution < 1.29 is 26.9 Å². The first-order chi connectivity index (χ1) is 13.2. The summed E-state index contributed by atoms with van der Waals surface area (Å²) in [6, 6.07) is 8.15. The van der Waals surface area contributed by atoms with E-state index in [1.54, 1.807) is 18.2 Å². The van der Waals surface area contributed by atoms with Gasteiger partial charge in [-0.1, -0.05) is 38.1 Å². The lowest BCUT2D eigenvalue weighted by Crippen LogP contribution is -2.25. The molecule has 1 amide bonds. The summed E-state index contributed by atoms with van der Waals surface area (Å²) in [4.78, 5) is 11.2. The molecule has 3 rings (SSSR count). The predicted octanol–water partition coefficient (Wildman–Crippen LogP) is 4.21. The van der Waals surface area contributed by atoms with E-state index >= 15 is 0 Å². The van der Waals surface area contributed by atoms with Gasteiger partial charge in [-0.25, -0.2) is 9.35 Å². The topological polar surface area (TPSA) is 81.4 Å². The van der Waals surface area contributed by atoms with Gasteiger partial charge in [-0.2, -0.15) is 13.2 Å². The van der Waals surface area contributed by atoms with Crippen molar-refractivity contribution in [1.82, 2.24) is 0 Å². The number of nitrogens with two attached hydrogens (primary N) is 1. The molecular formula is C19H19F3N2O3S. The zero-order chi connectivity index (χ0) is 20.9. The molecule has 28 heavy (non-hydrogen) atoms. The largest absolute Gasteiger partial charge is 0.482 e. The second-order valence-corrected chi connectivity index (χ2v) is 6.54. The molecule has 1 aliphatic rings. The number of anilines is 1. The van der Waals surface area contributed by atoms with Gasteiger partial charge in [-0.15, -0.1) is 0 Å². The van der Waals surface area contributed by atoms with Gasteiger partial charge in [0, 0.05) is 0 Å². The van der Waals surface area contributed by atoms with Crippen molar-refractivity contribution in [3.8, 4) is 5.75 Å². The Morgan fingerprint density at radius 3 is 2.50 bits per heavy atom. The number of alkyl halides is 3. The average molecular weight is 412 g/mol. The molecule has 1 heterocycles. The Bertz CT molecular complexity index is 927. The molecule has 0 aromatic heterocycles. The summed E-state index contributed by atoms with van der Waals surface area (Å²) >= 11 is 0. The zero-order valence-electron chi connectivity index (χ0n) is 15.2. The van der Waals surface area contributed by atoms with E-state index in [0.29, 0.717) is 17.0 Å². The number of nitrogens with one attached hydrogen (secondary N) is 1. The zero-order valence-corrected chi connectivity index (χ0v) is 16.0. The fraction of sp³-hybridized carbons (Fsp3) is 0.211. The van der Waals surface area contributed by atoms with E-state index in [9.17, 15) is 22.2 Å². The number of fused-ring (bicyclic) bond motifs is 1. The number of amides is 1. The first kappa shape index (κ1) is 21.6. The molecule has 3 N–H and O–H groups in total. The summed E-state index contributed by atoms with van der Waals surface area (Å²) in [5.74, 6) is 0.191. The molecule has 0 radical (unpaired) electrons. The smallest absolute Gasteiger partial charge is 0.417 e. The molecule has 5 nitrogen and oxygen atoms in total. The third-order valence-electron chi connectivity index (χ3n) is 3.65. The maximum atomic E-state index is 13.2. The molecule has 0 saturated heterocycles. The molecule has 2 aromatic rings. The quantitative estimate of drug-likeness (QED) is 0.741. The van der Waals surface area contributed by atoms with Crippen LogP contribution in [0.1, 0.15) is 30.5 Å². The van der Waals surface area contributed by atoms with Gasteiger partial charge in [0.05, 0.1) is 16.1 Å². The number of ether oxygens (including phenoxy) is 1. The van der Waals surface area contributed by atoms with E-state index in [1.807, 2.05) is 13.8 Å². The third kappa shape index (κ3) is 5.20. The maximum absolute atomic E-state index is 13.2. The summed E-state index contributed by atoms with van der Waals surface area (Å²) in [6.45, 7) is 3.92. The molecule has 0 spiro atoms. The number of halogens is 3. The lowest BCUT2D eigenvalue weighted by molar-refractivity contribution is -0.137. The van der Waals surface area contributed by atoms with Crippen molar-refractivity contribution in [2.45, 2.75) is 24.9 Å². The highest BCUT2D eigenvalue weighted by molar-refractivity contribution is 7.82. The van der Waals surface area contributed by atoms with Gasteiger partial charge in [0.15, 0.2) is 6.61 Å². The van der Waals surface area contributed by atoms with Crippen LogP contribution in [0.3, 0.4) is 0 Å². The van der Waals surface area contributed by atoms with Crippen LogP contribution in [0.2, 0.25) is 0 Å². The normalized spacial score (nSPS) is 14.4. The first-order valence-electron chi connectivity index (χ1n) is 8.36. The molecule has 150 valence electrons. The molecule has 0 aliphatic carbocycles. The predicted molar refractivity (Wildman–Crippen MR) is 103 cm³/mol. The van der Waals surface area contributed by atoms with Gasteiger partial charge < -0.3 is 10.1 Å². The Morgan fingerprint density at radius 1 is 1.14 bits per heavy atom. The number of carbonyl (C=O) groups excluding carboxylic acids is 1. The lowest BCUT2D eigenvalue weighted by atomic mass is 10.0. The van der Waals surface area contributed by atoms with Crippen LogP contribution in [0.5, 0.6) is 5.75 Å². The maximum Gasteiger partial charge on any atom is 0.417 e. The first-order valence-corrected chi connectivity index (χ1v) is 9.57. The molecule has 0 bridgehead atoms. The third-order valence-corrected chi connectivity index (χ3v) is 4.37. The summed E-state index contributed by atoms with van der Waals surface area (Å²) in [7, 11) is -2.01. The van der Waals surface area contributed by atoms with E-state index < -0.39 is 22.7 Å². The Balaban J connectivity index is 0.00000136. The minimum Gasteiger partial charge on any atom is -0.482 e. The molecular weight excluding hydrogens is 393 g/mol. The van der Waals surface area contributed by atoms with Crippen LogP contribution in [0.25, 0.3) is 12.2 Å². The van der Waals surface area contributed by atoms with Gasteiger partial charge in [0.1, 0.15) is 16.7 Å². The SMILES string of the molecule is CC.NS(=O)c1ccc(/C=C/c2ccc3c(c2)NC(=O)CO3)c(C(F)(F)F)c1.